The molecule has 0 atom stereocenters. The summed E-state index contributed by atoms with van der Waals surface area (Å²) in [5, 5.41) is 25.0. The van der Waals surface area contributed by atoms with Crippen molar-refractivity contribution >= 4 is 65.7 Å². The van der Waals surface area contributed by atoms with Gasteiger partial charge in [0.05, 0.1) is 50.8 Å². The van der Waals surface area contributed by atoms with Gasteiger partial charge in [0.15, 0.2) is 0 Å². The van der Waals surface area contributed by atoms with Crippen molar-refractivity contribution in [3.05, 3.63) is 151 Å². The normalized spacial score (nSPS) is 11.6. The zero-order chi connectivity index (χ0) is 32.6. The molecule has 226 valence electrons. The molecule has 0 saturated carbocycles. The van der Waals surface area contributed by atoms with Crippen molar-refractivity contribution in [2.45, 2.75) is 0 Å². The van der Waals surface area contributed by atoms with Crippen LogP contribution < -0.4 is 0 Å². The summed E-state index contributed by atoms with van der Waals surface area (Å²) in [6.45, 7) is 0. The van der Waals surface area contributed by atoms with E-state index in [2.05, 4.69) is 81.9 Å². The van der Waals surface area contributed by atoms with Gasteiger partial charge < -0.3 is 13.6 Å². The maximum Gasteiger partial charge on any atom is 0.136 e. The van der Waals surface area contributed by atoms with E-state index in [4.69, 9.17) is 9.40 Å². The number of rotatable bonds is 3. The van der Waals surface area contributed by atoms with Crippen molar-refractivity contribution in [3.8, 4) is 34.6 Å². The van der Waals surface area contributed by atoms with Gasteiger partial charge in [-0.25, -0.2) is 0 Å². The van der Waals surface area contributed by atoms with Crippen LogP contribution in [0.3, 0.4) is 0 Å². The van der Waals surface area contributed by atoms with Crippen molar-refractivity contribution in [1.82, 2.24) is 14.1 Å². The molecular formula is C43H23N5O. The first-order chi connectivity index (χ1) is 24.2. The Bertz CT molecular complexity index is 3090. The molecule has 10 rings (SSSR count). The maximum absolute atomic E-state index is 10.2. The van der Waals surface area contributed by atoms with Crippen LogP contribution in [0, 0.1) is 22.7 Å². The van der Waals surface area contributed by atoms with Gasteiger partial charge in [0.2, 0.25) is 0 Å². The third-order valence-electron chi connectivity index (χ3n) is 9.57. The minimum Gasteiger partial charge on any atom is -0.456 e. The Morgan fingerprint density at radius 2 is 1.24 bits per heavy atom. The summed E-state index contributed by atoms with van der Waals surface area (Å²) in [6, 6.07) is 49.5. The predicted octanol–water partition coefficient (Wildman–Crippen LogP) is 10.6. The summed E-state index contributed by atoms with van der Waals surface area (Å²) >= 11 is 0. The number of aromatic nitrogens is 3. The number of nitrogens with zero attached hydrogens (tertiary/aromatic N) is 5. The van der Waals surface area contributed by atoms with Gasteiger partial charge in [-0.05, 0) is 96.1 Å². The highest BCUT2D eigenvalue weighted by molar-refractivity contribution is 6.26. The number of fused-ring (bicyclic) bond motifs is 10. The smallest absolute Gasteiger partial charge is 0.136 e. The second kappa shape index (κ2) is 10.2. The summed E-state index contributed by atoms with van der Waals surface area (Å²) in [7, 11) is 0. The third kappa shape index (κ3) is 3.89. The monoisotopic (exact) mass is 625 g/mol. The molecule has 10 aromatic rings. The van der Waals surface area contributed by atoms with Crippen LogP contribution in [-0.4, -0.2) is 14.1 Å². The van der Waals surface area contributed by atoms with E-state index >= 15 is 0 Å². The molecule has 0 aliphatic heterocycles. The van der Waals surface area contributed by atoms with Crippen molar-refractivity contribution in [1.29, 1.82) is 10.5 Å². The van der Waals surface area contributed by atoms with E-state index in [1.165, 1.54) is 0 Å². The number of benzene rings is 6. The fraction of sp³-hybridized carbons (Fsp3) is 0. The SMILES string of the molecule is N#Cc1cc(-c2cccc(-n3c4cccnc4c4c5c(ccc43)oc3ccccc35)c2)cc(-n2c3ccccc3c3cc(C#N)ccc32)c1. The van der Waals surface area contributed by atoms with E-state index in [-0.39, 0.29) is 0 Å². The van der Waals surface area contributed by atoms with Crippen LogP contribution in [0.25, 0.3) is 88.2 Å². The summed E-state index contributed by atoms with van der Waals surface area (Å²) in [6.07, 6.45) is 1.84. The van der Waals surface area contributed by atoms with E-state index in [1.54, 1.807) is 0 Å². The minimum atomic E-state index is 0.563. The highest BCUT2D eigenvalue weighted by Crippen LogP contribution is 2.41. The van der Waals surface area contributed by atoms with Crippen LogP contribution in [-0.2, 0) is 0 Å². The molecule has 0 aliphatic carbocycles. The molecular weight excluding hydrogens is 603 g/mol. The summed E-state index contributed by atoms with van der Waals surface area (Å²) < 4.78 is 10.7. The molecule has 6 heteroatoms. The number of furan rings is 1. The lowest BCUT2D eigenvalue weighted by atomic mass is 10.0. The first-order valence-electron chi connectivity index (χ1n) is 16.0. The van der Waals surface area contributed by atoms with E-state index < -0.39 is 0 Å². The van der Waals surface area contributed by atoms with E-state index in [0.717, 1.165) is 88.2 Å². The average Bonchev–Trinajstić information content (AvgIpc) is 3.82. The van der Waals surface area contributed by atoms with Crippen LogP contribution in [0.4, 0.5) is 0 Å². The molecule has 0 aliphatic rings. The number of para-hydroxylation sites is 2. The van der Waals surface area contributed by atoms with Crippen LogP contribution in [0.15, 0.2) is 144 Å². The Kier molecular flexibility index (Phi) is 5.61. The van der Waals surface area contributed by atoms with Crippen molar-refractivity contribution in [2.24, 2.45) is 0 Å². The molecule has 0 N–H and O–H groups in total. The lowest BCUT2D eigenvalue weighted by Gasteiger charge is -2.13. The van der Waals surface area contributed by atoms with Crippen molar-refractivity contribution in [3.63, 3.8) is 0 Å². The third-order valence-corrected chi connectivity index (χ3v) is 9.57. The van der Waals surface area contributed by atoms with Gasteiger partial charge >= 0.3 is 0 Å². The number of hydrogen-bond acceptors (Lipinski definition) is 4. The van der Waals surface area contributed by atoms with E-state index in [0.29, 0.717) is 11.1 Å². The van der Waals surface area contributed by atoms with Crippen molar-refractivity contribution < 1.29 is 4.42 Å². The molecule has 49 heavy (non-hydrogen) atoms. The van der Waals surface area contributed by atoms with Gasteiger partial charge in [-0.2, -0.15) is 10.5 Å². The standard InChI is InChI=1S/C43H23N5O/c44-24-26-14-15-36-34(21-26)32-9-1-3-11-35(32)48(36)31-20-27(25-45)19-29(23-31)28-7-5-8-30(22-28)47-37-16-17-40-41(33-10-2-4-13-39(33)49-40)42(37)43-38(47)12-6-18-46-43/h1-23H. The van der Waals surface area contributed by atoms with Gasteiger partial charge in [0.1, 0.15) is 11.2 Å². The molecule has 0 radical (unpaired) electrons. The predicted molar refractivity (Wildman–Crippen MR) is 195 cm³/mol. The second-order valence-electron chi connectivity index (χ2n) is 12.3. The summed E-state index contributed by atoms with van der Waals surface area (Å²) in [4.78, 5) is 4.88. The zero-order valence-electron chi connectivity index (χ0n) is 25.9. The Morgan fingerprint density at radius 3 is 2.14 bits per heavy atom. The first kappa shape index (κ1) is 27.0. The Labute approximate surface area is 279 Å². The minimum absolute atomic E-state index is 0.563. The molecule has 4 aromatic heterocycles. The van der Waals surface area contributed by atoms with Crippen LogP contribution in [0.5, 0.6) is 0 Å². The fourth-order valence-corrected chi connectivity index (χ4v) is 7.53. The second-order valence-corrected chi connectivity index (χ2v) is 12.3. The molecule has 0 amide bonds. The van der Waals surface area contributed by atoms with E-state index in [9.17, 15) is 10.5 Å². The average molecular weight is 626 g/mol. The van der Waals surface area contributed by atoms with Crippen LogP contribution in [0.2, 0.25) is 0 Å². The van der Waals surface area contributed by atoms with Gasteiger partial charge in [-0.1, -0.05) is 48.5 Å². The number of nitriles is 2. The quantitative estimate of drug-likeness (QED) is 0.196. The fourth-order valence-electron chi connectivity index (χ4n) is 7.53. The maximum atomic E-state index is 10.2. The lowest BCUT2D eigenvalue weighted by molar-refractivity contribution is 0.669. The summed E-state index contributed by atoms with van der Waals surface area (Å²) in [5.41, 5.74) is 11.6. The molecule has 0 unspecified atom stereocenters. The number of hydrogen-bond donors (Lipinski definition) is 0. The molecule has 4 heterocycles. The lowest BCUT2D eigenvalue weighted by Crippen LogP contribution is -1.97. The largest absolute Gasteiger partial charge is 0.456 e. The Balaban J connectivity index is 1.20. The Hall–Kier alpha value is -7.15. The topological polar surface area (TPSA) is 83.5 Å². The van der Waals surface area contributed by atoms with Crippen LogP contribution in [0.1, 0.15) is 11.1 Å². The highest BCUT2D eigenvalue weighted by Gasteiger charge is 2.20. The number of pyridine rings is 1. The van der Waals surface area contributed by atoms with Crippen molar-refractivity contribution in [2.75, 3.05) is 0 Å². The van der Waals surface area contributed by atoms with Crippen LogP contribution >= 0.6 is 0 Å². The van der Waals surface area contributed by atoms with Gasteiger partial charge in [-0.15, -0.1) is 0 Å². The molecule has 0 fully saturated rings. The molecule has 6 nitrogen and oxygen atoms in total. The molecule has 6 aromatic carbocycles. The molecule has 0 saturated heterocycles. The summed E-state index contributed by atoms with van der Waals surface area (Å²) in [5.74, 6) is 0. The first-order valence-corrected chi connectivity index (χ1v) is 16.0. The highest BCUT2D eigenvalue weighted by atomic mass is 16.3. The van der Waals surface area contributed by atoms with Gasteiger partial charge in [0, 0.05) is 44.5 Å². The van der Waals surface area contributed by atoms with Gasteiger partial charge in [0.25, 0.3) is 0 Å². The molecule has 0 bridgehead atoms. The van der Waals surface area contributed by atoms with E-state index in [1.807, 2.05) is 79.0 Å². The molecule has 0 spiro atoms. The van der Waals surface area contributed by atoms with Gasteiger partial charge in [-0.3, -0.25) is 4.98 Å². The zero-order valence-corrected chi connectivity index (χ0v) is 25.9. The Morgan fingerprint density at radius 1 is 0.490 bits per heavy atom.